The predicted octanol–water partition coefficient (Wildman–Crippen LogP) is 4.80. The first-order chi connectivity index (χ1) is 24.3. The molecule has 7 N–H and O–H groups in total. The Morgan fingerprint density at radius 2 is 1.25 bits per heavy atom. The highest BCUT2D eigenvalue weighted by molar-refractivity contribution is 5.91. The monoisotopic (exact) mass is 724 g/mol. The van der Waals surface area contributed by atoms with Crippen LogP contribution < -0.4 is 26.6 Å². The van der Waals surface area contributed by atoms with Crippen LogP contribution in [-0.2, 0) is 30.4 Å². The minimum Gasteiger partial charge on any atom is -0.480 e. The zero-order chi connectivity index (χ0) is 39.0. The molecule has 3 atom stereocenters. The summed E-state index contributed by atoms with van der Waals surface area (Å²) in [6.07, 6.45) is 1.81. The average molecular weight is 725 g/mol. The molecule has 0 saturated carbocycles. The molecule has 0 saturated heterocycles. The highest BCUT2D eigenvalue weighted by Gasteiger charge is 2.28. The molecule has 0 aliphatic rings. The fraction of sp³-hybridized carbons (Fsp3) is 0.486. The smallest absolute Gasteiger partial charge is 0.326 e. The SMILES string of the molecule is Cc1ccc(NC(=C[N+](=O)[O-])Nc2ccc(CC(=O)NC(CC(C)C)C(=O)NC(CCCCC(NC(=O)CC(C)(C)C)C(=O)O)C(=O)O)cc2)cc1. The Hall–Kier alpha value is -5.47. The van der Waals surface area contributed by atoms with E-state index in [0.717, 1.165) is 11.8 Å². The molecule has 284 valence electrons. The van der Waals surface area contributed by atoms with Gasteiger partial charge in [-0.15, -0.1) is 0 Å². The van der Waals surface area contributed by atoms with Crippen molar-refractivity contribution < 1.29 is 39.1 Å². The van der Waals surface area contributed by atoms with Crippen molar-refractivity contribution in [3.8, 4) is 0 Å². The molecule has 15 heteroatoms. The largest absolute Gasteiger partial charge is 0.480 e. The first-order valence-electron chi connectivity index (χ1n) is 17.2. The number of carbonyl (C=O) groups excluding carboxylic acids is 3. The number of hydrogen-bond donors (Lipinski definition) is 7. The molecule has 0 aliphatic carbocycles. The van der Waals surface area contributed by atoms with Crippen LogP contribution in [0.5, 0.6) is 0 Å². The van der Waals surface area contributed by atoms with Gasteiger partial charge in [-0.1, -0.05) is 77.3 Å². The number of carbonyl (C=O) groups is 5. The van der Waals surface area contributed by atoms with Gasteiger partial charge < -0.3 is 36.8 Å². The van der Waals surface area contributed by atoms with Crippen molar-refractivity contribution in [1.29, 1.82) is 0 Å². The molecule has 2 aromatic rings. The van der Waals surface area contributed by atoms with E-state index in [4.69, 9.17) is 0 Å². The minimum atomic E-state index is -1.27. The second-order valence-corrected chi connectivity index (χ2v) is 14.4. The lowest BCUT2D eigenvalue weighted by Gasteiger charge is -2.23. The van der Waals surface area contributed by atoms with E-state index in [9.17, 15) is 44.3 Å². The summed E-state index contributed by atoms with van der Waals surface area (Å²) >= 11 is 0. The van der Waals surface area contributed by atoms with Crippen LogP contribution in [0.1, 0.15) is 84.3 Å². The van der Waals surface area contributed by atoms with Gasteiger partial charge in [-0.05, 0) is 67.3 Å². The predicted molar refractivity (Wildman–Crippen MR) is 197 cm³/mol. The lowest BCUT2D eigenvalue weighted by atomic mass is 9.91. The number of carboxylic acids is 2. The summed E-state index contributed by atoms with van der Waals surface area (Å²) in [5.74, 6) is -3.83. The van der Waals surface area contributed by atoms with E-state index in [0.29, 0.717) is 23.4 Å². The van der Waals surface area contributed by atoms with Gasteiger partial charge in [0.05, 0.1) is 11.3 Å². The molecule has 0 aromatic heterocycles. The Morgan fingerprint density at radius 3 is 1.71 bits per heavy atom. The number of aliphatic carboxylic acids is 2. The number of anilines is 2. The maximum Gasteiger partial charge on any atom is 0.326 e. The standard InChI is InChI=1S/C37H52N6O9/c1-23(2)19-30(34(46)42-29(36(49)50)10-8-7-9-28(35(47)48)40-33(45)21-37(4,5)6)41-32(44)20-25-13-17-27(18-14-25)39-31(22-43(51)52)38-26-15-11-24(3)12-16-26/h11-18,22-23,28-30,38-39H,7-10,19-21H2,1-6H3,(H,40,45)(H,41,44)(H,42,46)(H,47,48)(H,49,50). The number of nitrogens with zero attached hydrogens (tertiary/aromatic N) is 1. The van der Waals surface area contributed by atoms with E-state index in [1.807, 2.05) is 53.7 Å². The van der Waals surface area contributed by atoms with E-state index in [-0.39, 0.29) is 61.6 Å². The van der Waals surface area contributed by atoms with Crippen LogP contribution in [0.2, 0.25) is 0 Å². The maximum atomic E-state index is 13.2. The molecular weight excluding hydrogens is 672 g/mol. The van der Waals surface area contributed by atoms with E-state index in [2.05, 4.69) is 26.6 Å². The van der Waals surface area contributed by atoms with Crippen molar-refractivity contribution >= 4 is 41.0 Å². The van der Waals surface area contributed by atoms with Gasteiger partial charge in [-0.2, -0.15) is 0 Å². The van der Waals surface area contributed by atoms with Gasteiger partial charge in [0.1, 0.15) is 18.1 Å². The van der Waals surface area contributed by atoms with Crippen LogP contribution in [0.15, 0.2) is 60.6 Å². The third-order valence-corrected chi connectivity index (χ3v) is 7.70. The third-order valence-electron chi connectivity index (χ3n) is 7.70. The molecule has 0 bridgehead atoms. The van der Waals surface area contributed by atoms with Gasteiger partial charge in [-0.25, -0.2) is 9.59 Å². The van der Waals surface area contributed by atoms with Gasteiger partial charge in [0.25, 0.3) is 6.20 Å². The van der Waals surface area contributed by atoms with Crippen molar-refractivity contribution in [2.75, 3.05) is 10.6 Å². The second kappa shape index (κ2) is 20.4. The maximum absolute atomic E-state index is 13.2. The first kappa shape index (κ1) is 42.7. The zero-order valence-corrected chi connectivity index (χ0v) is 30.7. The number of benzene rings is 2. The summed E-state index contributed by atoms with van der Waals surface area (Å²) in [7, 11) is 0. The van der Waals surface area contributed by atoms with Crippen LogP contribution in [-0.4, -0.2) is 62.9 Å². The molecule has 15 nitrogen and oxygen atoms in total. The van der Waals surface area contributed by atoms with Crippen LogP contribution in [0, 0.1) is 28.4 Å². The molecule has 2 rings (SSSR count). The molecule has 0 radical (unpaired) electrons. The average Bonchev–Trinajstić information content (AvgIpc) is 3.01. The number of rotatable bonds is 21. The Kier molecular flexibility index (Phi) is 16.7. The number of nitro groups is 1. The van der Waals surface area contributed by atoms with E-state index in [1.165, 1.54) is 0 Å². The fourth-order valence-corrected chi connectivity index (χ4v) is 5.20. The quantitative estimate of drug-likeness (QED) is 0.0525. The van der Waals surface area contributed by atoms with Gasteiger partial charge in [-0.3, -0.25) is 24.5 Å². The molecule has 3 unspecified atom stereocenters. The van der Waals surface area contributed by atoms with E-state index >= 15 is 0 Å². The zero-order valence-electron chi connectivity index (χ0n) is 30.7. The summed E-state index contributed by atoms with van der Waals surface area (Å²) in [5, 5.41) is 44.2. The number of nitrogens with one attached hydrogen (secondary N) is 5. The number of aryl methyl sites for hydroxylation is 1. The second-order valence-electron chi connectivity index (χ2n) is 14.4. The van der Waals surface area contributed by atoms with Crippen LogP contribution in [0.4, 0.5) is 11.4 Å². The van der Waals surface area contributed by atoms with Crippen LogP contribution >= 0.6 is 0 Å². The molecule has 0 heterocycles. The molecule has 52 heavy (non-hydrogen) atoms. The van der Waals surface area contributed by atoms with Crippen LogP contribution in [0.3, 0.4) is 0 Å². The Morgan fingerprint density at radius 1 is 0.769 bits per heavy atom. The van der Waals surface area contributed by atoms with E-state index in [1.54, 1.807) is 36.4 Å². The summed E-state index contributed by atoms with van der Waals surface area (Å²) in [4.78, 5) is 72.8. The molecule has 0 aliphatic heterocycles. The summed E-state index contributed by atoms with van der Waals surface area (Å²) in [6.45, 7) is 11.2. The normalized spacial score (nSPS) is 13.3. The number of unbranched alkanes of at least 4 members (excludes halogenated alkanes) is 1. The summed E-state index contributed by atoms with van der Waals surface area (Å²) in [6, 6.07) is 10.6. The van der Waals surface area contributed by atoms with Crippen molar-refractivity contribution in [1.82, 2.24) is 16.0 Å². The number of amides is 3. The van der Waals surface area contributed by atoms with Crippen molar-refractivity contribution in [3.63, 3.8) is 0 Å². The van der Waals surface area contributed by atoms with Gasteiger partial charge in [0.15, 0.2) is 5.82 Å². The van der Waals surface area contributed by atoms with Gasteiger partial charge in [0.2, 0.25) is 17.7 Å². The lowest BCUT2D eigenvalue weighted by Crippen LogP contribution is -2.52. The molecular formula is C37H52N6O9. The Bertz CT molecular complexity index is 1570. The van der Waals surface area contributed by atoms with Crippen LogP contribution in [0.25, 0.3) is 0 Å². The van der Waals surface area contributed by atoms with Crippen molar-refractivity contribution in [2.45, 2.75) is 105 Å². The number of hydrogen-bond acceptors (Lipinski definition) is 9. The van der Waals surface area contributed by atoms with Gasteiger partial charge in [0, 0.05) is 17.8 Å². The highest BCUT2D eigenvalue weighted by Crippen LogP contribution is 2.19. The third kappa shape index (κ3) is 17.0. The molecule has 0 spiro atoms. The molecule has 3 amide bonds. The minimum absolute atomic E-state index is 0.0129. The Balaban J connectivity index is 1.97. The fourth-order valence-electron chi connectivity index (χ4n) is 5.20. The van der Waals surface area contributed by atoms with Gasteiger partial charge >= 0.3 is 11.9 Å². The summed E-state index contributed by atoms with van der Waals surface area (Å²) < 4.78 is 0. The van der Waals surface area contributed by atoms with Crippen molar-refractivity contribution in [3.05, 3.63) is 81.8 Å². The Labute approximate surface area is 304 Å². The first-order valence-corrected chi connectivity index (χ1v) is 17.2. The van der Waals surface area contributed by atoms with Crippen molar-refractivity contribution in [2.24, 2.45) is 11.3 Å². The lowest BCUT2D eigenvalue weighted by molar-refractivity contribution is -0.403. The number of carboxylic acid groups (broad SMARTS) is 2. The van der Waals surface area contributed by atoms with E-state index < -0.39 is 46.8 Å². The molecule has 0 fully saturated rings. The topological polar surface area (TPSA) is 229 Å². The highest BCUT2D eigenvalue weighted by atomic mass is 16.6. The summed E-state index contributed by atoms with van der Waals surface area (Å²) in [5.41, 5.74) is 2.50. The molecule has 2 aromatic carbocycles.